The maximum absolute atomic E-state index is 12.8. The third kappa shape index (κ3) is 6.16. The highest BCUT2D eigenvalue weighted by molar-refractivity contribution is 6.04. The predicted octanol–water partition coefficient (Wildman–Crippen LogP) is 6.31. The summed E-state index contributed by atoms with van der Waals surface area (Å²) in [5.41, 5.74) is 5.03. The van der Waals surface area contributed by atoms with Crippen molar-refractivity contribution in [3.8, 4) is 11.5 Å². The third-order valence-electron chi connectivity index (χ3n) is 5.63. The summed E-state index contributed by atoms with van der Waals surface area (Å²) in [5, 5.41) is 5.96. The van der Waals surface area contributed by atoms with Crippen LogP contribution in [0, 0.1) is 6.92 Å². The van der Waals surface area contributed by atoms with Crippen LogP contribution in [0.4, 0.5) is 0 Å². The van der Waals surface area contributed by atoms with E-state index in [4.69, 9.17) is 9.47 Å². The number of ether oxygens (including phenoxy) is 2. The molecule has 6 nitrogen and oxygen atoms in total. The molecule has 0 radical (unpaired) electrons. The summed E-state index contributed by atoms with van der Waals surface area (Å²) in [6.45, 7) is 4.67. The normalized spacial score (nSPS) is 10.9. The molecule has 1 N–H and O–H groups in total. The van der Waals surface area contributed by atoms with Crippen LogP contribution < -0.4 is 14.9 Å². The van der Waals surface area contributed by atoms with Gasteiger partial charge in [-0.15, -0.1) is 0 Å². The molecule has 0 saturated heterocycles. The minimum absolute atomic E-state index is 0.354. The first kappa shape index (κ1) is 24.7. The number of nitrogens with zero attached hydrogens (tertiary/aromatic N) is 1. The number of amides is 1. The zero-order valence-corrected chi connectivity index (χ0v) is 20.4. The van der Waals surface area contributed by atoms with E-state index in [1.807, 2.05) is 49.4 Å². The van der Waals surface area contributed by atoms with Gasteiger partial charge < -0.3 is 9.47 Å². The molecule has 0 aliphatic carbocycles. The van der Waals surface area contributed by atoms with E-state index in [-0.39, 0.29) is 5.91 Å². The van der Waals surface area contributed by atoms with Crippen LogP contribution in [0.15, 0.2) is 90.0 Å². The van der Waals surface area contributed by atoms with Crippen molar-refractivity contribution in [2.24, 2.45) is 5.10 Å². The van der Waals surface area contributed by atoms with Crippen LogP contribution in [0.5, 0.6) is 11.5 Å². The van der Waals surface area contributed by atoms with Crippen LogP contribution in [-0.2, 0) is 0 Å². The van der Waals surface area contributed by atoms with Crippen LogP contribution >= 0.6 is 0 Å². The van der Waals surface area contributed by atoms with Gasteiger partial charge in [-0.05, 0) is 66.6 Å². The molecule has 0 saturated carbocycles. The number of nitrogens with one attached hydrogen (secondary N) is 1. The Kier molecular flexibility index (Phi) is 8.08. The van der Waals surface area contributed by atoms with E-state index in [2.05, 4.69) is 17.5 Å². The van der Waals surface area contributed by atoms with E-state index in [1.165, 1.54) is 6.21 Å². The van der Waals surface area contributed by atoms with Crippen LogP contribution in [0.1, 0.15) is 51.6 Å². The van der Waals surface area contributed by atoms with Crippen LogP contribution in [0.25, 0.3) is 10.8 Å². The Balaban J connectivity index is 1.52. The highest BCUT2D eigenvalue weighted by Gasteiger charge is 2.14. The van der Waals surface area contributed by atoms with Gasteiger partial charge in [-0.25, -0.2) is 10.2 Å². The molecule has 36 heavy (non-hydrogen) atoms. The number of benzene rings is 4. The van der Waals surface area contributed by atoms with Gasteiger partial charge in [0.2, 0.25) is 0 Å². The van der Waals surface area contributed by atoms with Crippen molar-refractivity contribution in [2.75, 3.05) is 6.61 Å². The minimum Gasteiger partial charge on any atom is -0.494 e. The van der Waals surface area contributed by atoms with Gasteiger partial charge in [0.15, 0.2) is 0 Å². The van der Waals surface area contributed by atoms with Gasteiger partial charge in [0, 0.05) is 11.1 Å². The molecule has 0 atom stereocenters. The lowest BCUT2D eigenvalue weighted by molar-refractivity contribution is 0.0734. The molecule has 4 aromatic carbocycles. The largest absolute Gasteiger partial charge is 0.494 e. The molecule has 6 heteroatoms. The number of carbonyl (C=O) groups excluding carboxylic acids is 2. The average Bonchev–Trinajstić information content (AvgIpc) is 2.90. The smallest absolute Gasteiger partial charge is 0.343 e. The lowest BCUT2D eigenvalue weighted by Gasteiger charge is -2.11. The van der Waals surface area contributed by atoms with Gasteiger partial charge >= 0.3 is 5.97 Å². The highest BCUT2D eigenvalue weighted by atomic mass is 16.5. The Morgan fingerprint density at radius 2 is 1.72 bits per heavy atom. The minimum atomic E-state index is -0.464. The molecule has 0 heterocycles. The average molecular weight is 481 g/mol. The number of aryl methyl sites for hydroxylation is 1. The van der Waals surface area contributed by atoms with Gasteiger partial charge in [0.25, 0.3) is 5.91 Å². The van der Waals surface area contributed by atoms with Crippen molar-refractivity contribution in [3.05, 3.63) is 107 Å². The number of hydrazone groups is 1. The van der Waals surface area contributed by atoms with E-state index in [0.29, 0.717) is 29.0 Å². The Morgan fingerprint density at radius 3 is 2.50 bits per heavy atom. The Hall–Kier alpha value is -4.45. The van der Waals surface area contributed by atoms with Crippen LogP contribution in [-0.4, -0.2) is 24.7 Å². The molecular weight excluding hydrogens is 452 g/mol. The number of fused-ring (bicyclic) bond motifs is 1. The number of hydrogen-bond donors (Lipinski definition) is 1. The summed E-state index contributed by atoms with van der Waals surface area (Å²) in [6.07, 6.45) is 3.54. The lowest BCUT2D eigenvalue weighted by atomic mass is 10.0. The number of esters is 1. The molecule has 0 aliphatic rings. The van der Waals surface area contributed by atoms with Crippen LogP contribution in [0.2, 0.25) is 0 Å². The zero-order valence-electron chi connectivity index (χ0n) is 20.4. The molecule has 0 spiro atoms. The Labute approximate surface area is 210 Å². The van der Waals surface area contributed by atoms with Crippen molar-refractivity contribution in [1.29, 1.82) is 0 Å². The number of hydrogen-bond acceptors (Lipinski definition) is 5. The van der Waals surface area contributed by atoms with Gasteiger partial charge in [-0.1, -0.05) is 61.4 Å². The van der Waals surface area contributed by atoms with E-state index in [9.17, 15) is 9.59 Å². The maximum Gasteiger partial charge on any atom is 0.343 e. The van der Waals surface area contributed by atoms with Gasteiger partial charge in [-0.3, -0.25) is 4.79 Å². The Bertz CT molecular complexity index is 1390. The third-order valence-corrected chi connectivity index (χ3v) is 5.63. The summed E-state index contributed by atoms with van der Waals surface area (Å²) < 4.78 is 11.4. The Morgan fingerprint density at radius 1 is 0.917 bits per heavy atom. The van der Waals surface area contributed by atoms with Crippen molar-refractivity contribution in [2.45, 2.75) is 26.7 Å². The van der Waals surface area contributed by atoms with Crippen LogP contribution in [0.3, 0.4) is 0 Å². The first-order valence-corrected chi connectivity index (χ1v) is 11.9. The quantitative estimate of drug-likeness (QED) is 0.100. The molecule has 0 bridgehead atoms. The van der Waals surface area contributed by atoms with Crippen molar-refractivity contribution < 1.29 is 19.1 Å². The fourth-order valence-corrected chi connectivity index (χ4v) is 3.69. The molecule has 0 fully saturated rings. The second kappa shape index (κ2) is 11.8. The molecular formula is C30H28N2O4. The standard InChI is InChI=1S/C30H28N2O4/c1-3-4-18-35-25-15-12-23(13-16-25)29(33)32-31-20-27-26-11-6-5-9-22(26)14-17-28(27)36-30(34)24-10-7-8-21(2)19-24/h5-17,19-20H,3-4,18H2,1-2H3,(H,32,33)/b31-20-. The number of rotatable bonds is 9. The molecule has 0 unspecified atom stereocenters. The van der Waals surface area contributed by atoms with E-state index >= 15 is 0 Å². The second-order valence-corrected chi connectivity index (χ2v) is 8.38. The summed E-state index contributed by atoms with van der Waals surface area (Å²) in [6, 6.07) is 25.5. The van der Waals surface area contributed by atoms with Gasteiger partial charge in [-0.2, -0.15) is 5.10 Å². The number of unbranched alkanes of at least 4 members (excludes halogenated alkanes) is 1. The fraction of sp³-hybridized carbons (Fsp3) is 0.167. The molecule has 4 aromatic rings. The van der Waals surface area contributed by atoms with Crippen molar-refractivity contribution in [1.82, 2.24) is 5.43 Å². The van der Waals surface area contributed by atoms with E-state index in [1.54, 1.807) is 42.5 Å². The van der Waals surface area contributed by atoms with Gasteiger partial charge in [0.1, 0.15) is 11.5 Å². The second-order valence-electron chi connectivity index (χ2n) is 8.38. The van der Waals surface area contributed by atoms with E-state index in [0.717, 1.165) is 34.9 Å². The topological polar surface area (TPSA) is 77.0 Å². The summed E-state index contributed by atoms with van der Waals surface area (Å²) in [4.78, 5) is 25.4. The first-order chi connectivity index (χ1) is 17.5. The predicted molar refractivity (Wildman–Crippen MR) is 142 cm³/mol. The summed E-state index contributed by atoms with van der Waals surface area (Å²) in [5.74, 6) is 0.255. The molecule has 0 aliphatic heterocycles. The number of carbonyl (C=O) groups is 2. The monoisotopic (exact) mass is 480 g/mol. The molecule has 0 aromatic heterocycles. The fourth-order valence-electron chi connectivity index (χ4n) is 3.69. The van der Waals surface area contributed by atoms with Gasteiger partial charge in [0.05, 0.1) is 18.4 Å². The first-order valence-electron chi connectivity index (χ1n) is 11.9. The molecule has 4 rings (SSSR count). The van der Waals surface area contributed by atoms with Crippen molar-refractivity contribution >= 4 is 28.9 Å². The highest BCUT2D eigenvalue weighted by Crippen LogP contribution is 2.27. The summed E-state index contributed by atoms with van der Waals surface area (Å²) in [7, 11) is 0. The SMILES string of the molecule is CCCCOc1ccc(C(=O)N/N=C\c2c(OC(=O)c3cccc(C)c3)ccc3ccccc23)cc1. The summed E-state index contributed by atoms with van der Waals surface area (Å²) >= 11 is 0. The van der Waals surface area contributed by atoms with Crippen molar-refractivity contribution in [3.63, 3.8) is 0 Å². The lowest BCUT2D eigenvalue weighted by Crippen LogP contribution is -2.17. The zero-order chi connectivity index (χ0) is 25.3. The molecule has 1 amide bonds. The maximum atomic E-state index is 12.8. The van der Waals surface area contributed by atoms with E-state index < -0.39 is 5.97 Å². The molecule has 182 valence electrons.